The van der Waals surface area contributed by atoms with Gasteiger partial charge in [0.25, 0.3) is 5.69 Å². The fourth-order valence-corrected chi connectivity index (χ4v) is 3.92. The predicted molar refractivity (Wildman–Crippen MR) is 83.6 cm³/mol. The maximum Gasteiger partial charge on any atom is 0.271 e. The van der Waals surface area contributed by atoms with Gasteiger partial charge in [0, 0.05) is 36.4 Å². The smallest absolute Gasteiger partial charge is 0.271 e. The summed E-state index contributed by atoms with van der Waals surface area (Å²) in [5, 5.41) is 14.3. The van der Waals surface area contributed by atoms with Crippen molar-refractivity contribution in [1.82, 2.24) is 4.90 Å². The average molecular weight is 289 g/mol. The third-order valence-electron chi connectivity index (χ3n) is 5.06. The van der Waals surface area contributed by atoms with Gasteiger partial charge in [0.1, 0.15) is 0 Å². The lowest BCUT2D eigenvalue weighted by Crippen LogP contribution is -2.41. The summed E-state index contributed by atoms with van der Waals surface area (Å²) >= 11 is 0. The van der Waals surface area contributed by atoms with Gasteiger partial charge in [0.05, 0.1) is 4.92 Å². The first-order chi connectivity index (χ1) is 10.0. The second-order valence-corrected chi connectivity index (χ2v) is 6.58. The lowest BCUT2D eigenvalue weighted by atomic mass is 9.91. The minimum Gasteiger partial charge on any atom is -0.385 e. The summed E-state index contributed by atoms with van der Waals surface area (Å²) in [4.78, 5) is 13.1. The van der Waals surface area contributed by atoms with Crippen LogP contribution >= 0.6 is 0 Å². The lowest BCUT2D eigenvalue weighted by molar-refractivity contribution is -0.384. The van der Waals surface area contributed by atoms with Crippen LogP contribution in [0.1, 0.15) is 31.2 Å². The van der Waals surface area contributed by atoms with Crippen LogP contribution in [0.5, 0.6) is 0 Å². The highest BCUT2D eigenvalue weighted by atomic mass is 16.6. The number of aryl methyl sites for hydroxylation is 1. The normalized spacial score (nSPS) is 28.6. The van der Waals surface area contributed by atoms with Crippen LogP contribution in [0.2, 0.25) is 0 Å². The van der Waals surface area contributed by atoms with E-state index in [1.807, 2.05) is 13.0 Å². The molecule has 0 saturated carbocycles. The first-order valence-electron chi connectivity index (χ1n) is 7.75. The van der Waals surface area contributed by atoms with Crippen molar-refractivity contribution in [2.24, 2.45) is 5.92 Å². The molecule has 21 heavy (non-hydrogen) atoms. The Bertz CT molecular complexity index is 532. The molecule has 0 aromatic heterocycles. The highest BCUT2D eigenvalue weighted by molar-refractivity contribution is 5.53. The van der Waals surface area contributed by atoms with Gasteiger partial charge in [-0.2, -0.15) is 0 Å². The van der Waals surface area contributed by atoms with Gasteiger partial charge in [0.2, 0.25) is 0 Å². The van der Waals surface area contributed by atoms with Gasteiger partial charge in [-0.1, -0.05) is 0 Å². The molecule has 2 bridgehead atoms. The van der Waals surface area contributed by atoms with Crippen LogP contribution in [0, 0.1) is 23.0 Å². The summed E-state index contributed by atoms with van der Waals surface area (Å²) < 4.78 is 0. The highest BCUT2D eigenvalue weighted by Gasteiger charge is 2.38. The number of fused-ring (bicyclic) bond motifs is 2. The summed E-state index contributed by atoms with van der Waals surface area (Å²) in [6.07, 6.45) is 5.14. The van der Waals surface area contributed by atoms with Crippen molar-refractivity contribution >= 4 is 11.4 Å². The van der Waals surface area contributed by atoms with Gasteiger partial charge >= 0.3 is 0 Å². The number of anilines is 1. The molecule has 0 aliphatic carbocycles. The molecule has 2 aliphatic rings. The van der Waals surface area contributed by atoms with E-state index in [0.717, 1.165) is 29.9 Å². The van der Waals surface area contributed by atoms with Crippen molar-refractivity contribution in [3.8, 4) is 0 Å². The van der Waals surface area contributed by atoms with Gasteiger partial charge in [-0.15, -0.1) is 0 Å². The van der Waals surface area contributed by atoms with Crippen LogP contribution in [0.25, 0.3) is 0 Å². The quantitative estimate of drug-likeness (QED) is 0.683. The van der Waals surface area contributed by atoms with Crippen LogP contribution in [0.3, 0.4) is 0 Å². The minimum atomic E-state index is -0.325. The Morgan fingerprint density at radius 2 is 1.95 bits per heavy atom. The van der Waals surface area contributed by atoms with Gasteiger partial charge in [-0.05, 0) is 57.2 Å². The van der Waals surface area contributed by atoms with Crippen molar-refractivity contribution in [2.45, 2.75) is 44.7 Å². The number of nitro groups is 1. The maximum atomic E-state index is 10.9. The molecule has 2 aliphatic heterocycles. The van der Waals surface area contributed by atoms with E-state index >= 15 is 0 Å². The molecule has 114 valence electrons. The molecule has 1 aromatic rings. The molecule has 2 saturated heterocycles. The zero-order valence-corrected chi connectivity index (χ0v) is 12.7. The largest absolute Gasteiger partial charge is 0.385 e. The Morgan fingerprint density at radius 3 is 2.57 bits per heavy atom. The number of hydrogen-bond donors (Lipinski definition) is 1. The van der Waals surface area contributed by atoms with Crippen LogP contribution in [0.4, 0.5) is 11.4 Å². The molecule has 2 fully saturated rings. The standard InChI is InChI=1S/C16H23N3O2/c1-11-5-13(9-16(6-11)19(20)21)17-10-12-7-14-3-4-15(8-12)18(14)2/h5-6,9,12,14-15,17H,3-4,7-8,10H2,1-2H3. The van der Waals surface area contributed by atoms with E-state index in [1.54, 1.807) is 12.1 Å². The van der Waals surface area contributed by atoms with Crippen LogP contribution < -0.4 is 5.32 Å². The van der Waals surface area contributed by atoms with Crippen LogP contribution in [-0.4, -0.2) is 35.5 Å². The molecule has 5 nitrogen and oxygen atoms in total. The van der Waals surface area contributed by atoms with Crippen molar-refractivity contribution in [3.05, 3.63) is 33.9 Å². The topological polar surface area (TPSA) is 58.4 Å². The Balaban J connectivity index is 1.62. The fourth-order valence-electron chi connectivity index (χ4n) is 3.92. The number of non-ortho nitro benzene ring substituents is 1. The molecule has 0 amide bonds. The third kappa shape index (κ3) is 3.02. The second-order valence-electron chi connectivity index (χ2n) is 6.58. The molecule has 5 heteroatoms. The molecule has 0 radical (unpaired) electrons. The summed E-state index contributed by atoms with van der Waals surface area (Å²) in [5.74, 6) is 0.679. The number of rotatable bonds is 4. The van der Waals surface area contributed by atoms with Crippen molar-refractivity contribution in [1.29, 1.82) is 0 Å². The van der Waals surface area contributed by atoms with Gasteiger partial charge in [-0.25, -0.2) is 0 Å². The number of nitrogens with one attached hydrogen (secondary N) is 1. The highest BCUT2D eigenvalue weighted by Crippen LogP contribution is 2.37. The van der Waals surface area contributed by atoms with Gasteiger partial charge < -0.3 is 10.2 Å². The Morgan fingerprint density at radius 1 is 1.29 bits per heavy atom. The van der Waals surface area contributed by atoms with Crippen LogP contribution in [0.15, 0.2) is 18.2 Å². The number of hydrogen-bond acceptors (Lipinski definition) is 4. The molecule has 2 unspecified atom stereocenters. The van der Waals surface area contributed by atoms with E-state index in [-0.39, 0.29) is 10.6 Å². The summed E-state index contributed by atoms with van der Waals surface area (Å²) in [5.41, 5.74) is 1.96. The van der Waals surface area contributed by atoms with E-state index < -0.39 is 0 Å². The van der Waals surface area contributed by atoms with Gasteiger partial charge in [-0.3, -0.25) is 10.1 Å². The molecular formula is C16H23N3O2. The molecular weight excluding hydrogens is 266 g/mol. The molecule has 2 heterocycles. The monoisotopic (exact) mass is 289 g/mol. The first-order valence-corrected chi connectivity index (χ1v) is 7.75. The SMILES string of the molecule is Cc1cc(NCC2CC3CCC(C2)N3C)cc([N+](=O)[O-])c1. The molecule has 1 aromatic carbocycles. The van der Waals surface area contributed by atoms with Crippen molar-refractivity contribution in [2.75, 3.05) is 18.9 Å². The minimum absolute atomic E-state index is 0.168. The zero-order valence-electron chi connectivity index (χ0n) is 12.7. The zero-order chi connectivity index (χ0) is 15.0. The number of nitro benzene ring substituents is 1. The Hall–Kier alpha value is -1.62. The average Bonchev–Trinajstić information content (AvgIpc) is 2.66. The fraction of sp³-hybridized carbons (Fsp3) is 0.625. The predicted octanol–water partition coefficient (Wildman–Crippen LogP) is 3.19. The van der Waals surface area contributed by atoms with Crippen LogP contribution in [-0.2, 0) is 0 Å². The summed E-state index contributed by atoms with van der Waals surface area (Å²) in [7, 11) is 2.25. The second kappa shape index (κ2) is 5.64. The van der Waals surface area contributed by atoms with E-state index in [0.29, 0.717) is 5.92 Å². The Kier molecular flexibility index (Phi) is 3.85. The van der Waals surface area contributed by atoms with E-state index in [9.17, 15) is 10.1 Å². The van der Waals surface area contributed by atoms with E-state index in [1.165, 1.54) is 25.7 Å². The maximum absolute atomic E-state index is 10.9. The number of nitrogens with zero attached hydrogens (tertiary/aromatic N) is 2. The van der Waals surface area contributed by atoms with E-state index in [2.05, 4.69) is 17.3 Å². The van der Waals surface area contributed by atoms with Crippen molar-refractivity contribution < 1.29 is 4.92 Å². The summed E-state index contributed by atoms with van der Waals surface area (Å²) in [6.45, 7) is 2.81. The van der Waals surface area contributed by atoms with Crippen molar-refractivity contribution in [3.63, 3.8) is 0 Å². The summed E-state index contributed by atoms with van der Waals surface area (Å²) in [6, 6.07) is 6.71. The Labute approximate surface area is 125 Å². The number of benzene rings is 1. The first kappa shape index (κ1) is 14.3. The van der Waals surface area contributed by atoms with E-state index in [4.69, 9.17) is 0 Å². The molecule has 2 atom stereocenters. The molecule has 0 spiro atoms. The van der Waals surface area contributed by atoms with Gasteiger partial charge in [0.15, 0.2) is 0 Å². The lowest BCUT2D eigenvalue weighted by Gasteiger charge is -2.36. The molecule has 3 rings (SSSR count). The number of piperidine rings is 1. The molecule has 1 N–H and O–H groups in total. The third-order valence-corrected chi connectivity index (χ3v) is 5.06.